The third-order valence-electron chi connectivity index (χ3n) is 3.03. The van der Waals surface area contributed by atoms with E-state index in [2.05, 4.69) is 11.2 Å². The number of carboxylic acids is 1. The molecule has 5 nitrogen and oxygen atoms in total. The molecule has 19 heavy (non-hydrogen) atoms. The third-order valence-corrected chi connectivity index (χ3v) is 3.03. The van der Waals surface area contributed by atoms with Crippen LogP contribution in [0.3, 0.4) is 0 Å². The molecule has 1 aromatic carbocycles. The Labute approximate surface area is 111 Å². The maximum Gasteiger partial charge on any atom is 0.327 e. The Morgan fingerprint density at radius 3 is 2.89 bits per heavy atom. The molecule has 0 aromatic heterocycles. The first kappa shape index (κ1) is 13.0. The van der Waals surface area contributed by atoms with Crippen LogP contribution in [0.15, 0.2) is 24.3 Å². The molecule has 0 radical (unpaired) electrons. The summed E-state index contributed by atoms with van der Waals surface area (Å²) in [5.41, 5.74) is 1.51. The van der Waals surface area contributed by atoms with Gasteiger partial charge in [0.25, 0.3) is 0 Å². The zero-order valence-corrected chi connectivity index (χ0v) is 10.3. The number of carbonyl (C=O) groups excluding carboxylic acids is 1. The average Bonchev–Trinajstić information content (AvgIpc) is 2.78. The molecule has 5 heteroatoms. The lowest BCUT2D eigenvalue weighted by Crippen LogP contribution is -2.48. The van der Waals surface area contributed by atoms with E-state index in [0.717, 1.165) is 5.56 Å². The summed E-state index contributed by atoms with van der Waals surface area (Å²) in [6.45, 7) is 0.334. The minimum Gasteiger partial charge on any atom is -0.480 e. The van der Waals surface area contributed by atoms with E-state index in [4.69, 9.17) is 6.42 Å². The quantitative estimate of drug-likeness (QED) is 0.633. The van der Waals surface area contributed by atoms with Gasteiger partial charge in [0.1, 0.15) is 6.04 Å². The number of carbonyl (C=O) groups is 2. The van der Waals surface area contributed by atoms with Gasteiger partial charge in [-0.3, -0.25) is 4.90 Å². The zero-order chi connectivity index (χ0) is 13.8. The van der Waals surface area contributed by atoms with Gasteiger partial charge in [0.15, 0.2) is 0 Å². The van der Waals surface area contributed by atoms with Crippen LogP contribution in [-0.4, -0.2) is 29.7 Å². The first-order valence-electron chi connectivity index (χ1n) is 5.96. The van der Waals surface area contributed by atoms with Crippen LogP contribution in [0, 0.1) is 12.3 Å². The van der Waals surface area contributed by atoms with Gasteiger partial charge in [-0.25, -0.2) is 9.59 Å². The molecule has 2 rings (SSSR count). The number of nitrogens with zero attached hydrogens (tertiary/aromatic N) is 1. The van der Waals surface area contributed by atoms with Crippen molar-refractivity contribution in [2.75, 3.05) is 11.4 Å². The van der Waals surface area contributed by atoms with Crippen molar-refractivity contribution in [2.45, 2.75) is 18.9 Å². The van der Waals surface area contributed by atoms with Gasteiger partial charge in [0.2, 0.25) is 0 Å². The van der Waals surface area contributed by atoms with Gasteiger partial charge in [-0.1, -0.05) is 18.2 Å². The van der Waals surface area contributed by atoms with E-state index in [1.165, 1.54) is 4.90 Å². The summed E-state index contributed by atoms with van der Waals surface area (Å²) in [5.74, 6) is 1.41. The van der Waals surface area contributed by atoms with E-state index >= 15 is 0 Å². The molecule has 0 saturated carbocycles. The van der Waals surface area contributed by atoms with Crippen LogP contribution in [0.25, 0.3) is 0 Å². The number of para-hydroxylation sites is 1. The number of carboxylic acid groups (broad SMARTS) is 1. The molecule has 0 saturated heterocycles. The zero-order valence-electron chi connectivity index (χ0n) is 10.3. The van der Waals surface area contributed by atoms with Crippen LogP contribution in [0.1, 0.15) is 12.0 Å². The largest absolute Gasteiger partial charge is 0.480 e. The van der Waals surface area contributed by atoms with Crippen LogP contribution in [0.5, 0.6) is 0 Å². The number of aliphatic carboxylic acids is 1. The number of amides is 2. The van der Waals surface area contributed by atoms with E-state index in [1.54, 1.807) is 12.1 Å². The van der Waals surface area contributed by atoms with E-state index in [1.807, 2.05) is 12.1 Å². The number of urea groups is 1. The van der Waals surface area contributed by atoms with Crippen molar-refractivity contribution in [1.82, 2.24) is 5.32 Å². The highest BCUT2D eigenvalue weighted by molar-refractivity contribution is 6.01. The summed E-state index contributed by atoms with van der Waals surface area (Å²) in [4.78, 5) is 24.6. The topological polar surface area (TPSA) is 69.6 Å². The normalized spacial score (nSPS) is 16.6. The second-order valence-electron chi connectivity index (χ2n) is 4.24. The Morgan fingerprint density at radius 2 is 2.21 bits per heavy atom. The van der Waals surface area contributed by atoms with E-state index in [0.29, 0.717) is 25.1 Å². The summed E-state index contributed by atoms with van der Waals surface area (Å²) in [5, 5.41) is 11.9. The summed E-state index contributed by atoms with van der Waals surface area (Å²) in [6, 6.07) is 5.91. The van der Waals surface area contributed by atoms with Crippen LogP contribution >= 0.6 is 0 Å². The van der Waals surface area contributed by atoms with Gasteiger partial charge in [-0.05, 0) is 11.6 Å². The predicted molar refractivity (Wildman–Crippen MR) is 70.9 cm³/mol. The molecular weight excluding hydrogens is 244 g/mol. The molecule has 0 fully saturated rings. The summed E-state index contributed by atoms with van der Waals surface area (Å²) in [6.07, 6.45) is 5.85. The highest BCUT2D eigenvalue weighted by Crippen LogP contribution is 2.32. The van der Waals surface area contributed by atoms with Crippen molar-refractivity contribution < 1.29 is 14.7 Å². The Balaban J connectivity index is 2.22. The molecule has 0 spiro atoms. The van der Waals surface area contributed by atoms with Crippen molar-refractivity contribution in [3.63, 3.8) is 0 Å². The number of hydrogen-bond acceptors (Lipinski definition) is 2. The fourth-order valence-electron chi connectivity index (χ4n) is 2.16. The lowest BCUT2D eigenvalue weighted by atomic mass is 10.1. The molecule has 0 unspecified atom stereocenters. The van der Waals surface area contributed by atoms with Gasteiger partial charge in [-0.15, -0.1) is 12.3 Å². The molecule has 98 valence electrons. The lowest BCUT2D eigenvalue weighted by Gasteiger charge is -2.22. The second kappa shape index (κ2) is 5.44. The average molecular weight is 258 g/mol. The van der Waals surface area contributed by atoms with E-state index in [-0.39, 0.29) is 0 Å². The molecule has 0 bridgehead atoms. The van der Waals surface area contributed by atoms with Gasteiger partial charge in [-0.2, -0.15) is 0 Å². The van der Waals surface area contributed by atoms with Crippen molar-refractivity contribution in [1.29, 1.82) is 0 Å². The van der Waals surface area contributed by atoms with E-state index < -0.39 is 18.0 Å². The maximum atomic E-state index is 12.1. The van der Waals surface area contributed by atoms with Gasteiger partial charge in [0, 0.05) is 25.1 Å². The summed E-state index contributed by atoms with van der Waals surface area (Å²) >= 11 is 0. The summed E-state index contributed by atoms with van der Waals surface area (Å²) < 4.78 is 0. The van der Waals surface area contributed by atoms with Crippen LogP contribution in [-0.2, 0) is 11.2 Å². The molecule has 1 aliphatic heterocycles. The van der Waals surface area contributed by atoms with Crippen molar-refractivity contribution in [2.24, 2.45) is 0 Å². The number of hydrogen-bond donors (Lipinski definition) is 2. The molecular formula is C14H14N2O3. The van der Waals surface area contributed by atoms with Gasteiger partial charge in [0.05, 0.1) is 0 Å². The number of benzene rings is 1. The molecule has 1 atom stereocenters. The van der Waals surface area contributed by atoms with Crippen LogP contribution in [0.4, 0.5) is 10.5 Å². The minimum absolute atomic E-state index is 0.327. The van der Waals surface area contributed by atoms with Crippen LogP contribution in [0.2, 0.25) is 0 Å². The highest BCUT2D eigenvalue weighted by atomic mass is 16.4. The third kappa shape index (κ3) is 2.52. The Kier molecular flexibility index (Phi) is 3.71. The predicted octanol–water partition coefficient (Wildman–Crippen LogP) is 1.24. The molecule has 2 N–H and O–H groups in total. The standard InChI is InChI=1S/C14H14N2O3/c1-2-3-8-15-14(19)16-11-7-5-4-6-10(11)9-12(16)13(17)18/h1,4-7,12H,3,8-9H2,(H,15,19)(H,17,18)/t12-/m0/s1. The number of fused-ring (bicyclic) bond motifs is 1. The number of rotatable bonds is 3. The first-order valence-corrected chi connectivity index (χ1v) is 5.96. The molecule has 1 heterocycles. The molecule has 1 aromatic rings. The fourth-order valence-corrected chi connectivity index (χ4v) is 2.16. The lowest BCUT2D eigenvalue weighted by molar-refractivity contribution is -0.138. The van der Waals surface area contributed by atoms with Gasteiger partial charge >= 0.3 is 12.0 Å². The Hall–Kier alpha value is -2.48. The van der Waals surface area contributed by atoms with Crippen molar-refractivity contribution in [3.8, 4) is 12.3 Å². The molecule has 0 aliphatic carbocycles. The molecule has 2 amide bonds. The monoisotopic (exact) mass is 258 g/mol. The number of anilines is 1. The Bertz CT molecular complexity index is 548. The fraction of sp³-hybridized carbons (Fsp3) is 0.286. The first-order chi connectivity index (χ1) is 9.15. The SMILES string of the molecule is C#CCCNC(=O)N1c2ccccc2C[C@H]1C(=O)O. The van der Waals surface area contributed by atoms with E-state index in [9.17, 15) is 14.7 Å². The maximum absolute atomic E-state index is 12.1. The highest BCUT2D eigenvalue weighted by Gasteiger charge is 2.38. The van der Waals surface area contributed by atoms with Crippen LogP contribution < -0.4 is 10.2 Å². The van der Waals surface area contributed by atoms with Crippen molar-refractivity contribution in [3.05, 3.63) is 29.8 Å². The summed E-state index contributed by atoms with van der Waals surface area (Å²) in [7, 11) is 0. The Morgan fingerprint density at radius 1 is 1.47 bits per heavy atom. The smallest absolute Gasteiger partial charge is 0.327 e. The molecule has 1 aliphatic rings. The minimum atomic E-state index is -1.01. The van der Waals surface area contributed by atoms with Crippen molar-refractivity contribution >= 4 is 17.7 Å². The second-order valence-corrected chi connectivity index (χ2v) is 4.24. The van der Waals surface area contributed by atoms with Gasteiger partial charge < -0.3 is 10.4 Å². The number of terminal acetylenes is 1. The number of nitrogens with one attached hydrogen (secondary N) is 1.